The van der Waals surface area contributed by atoms with Gasteiger partial charge in [0.1, 0.15) is 12.1 Å². The minimum Gasteiger partial charge on any atom is -0.341 e. The third-order valence-electron chi connectivity index (χ3n) is 4.51. The van der Waals surface area contributed by atoms with Gasteiger partial charge in [0.15, 0.2) is 0 Å². The summed E-state index contributed by atoms with van der Waals surface area (Å²) >= 11 is 0. The molecule has 0 aromatic rings. The smallest absolute Gasteiger partial charge is 0.325 e. The van der Waals surface area contributed by atoms with Gasteiger partial charge in [-0.1, -0.05) is 0 Å². The van der Waals surface area contributed by atoms with Crippen LogP contribution >= 0.6 is 0 Å². The molecule has 0 aliphatic carbocycles. The molecule has 2 fully saturated rings. The van der Waals surface area contributed by atoms with Gasteiger partial charge in [-0.05, 0) is 52.6 Å². The number of nitrogens with zero attached hydrogens (tertiary/aromatic N) is 2. The number of carbonyl (C=O) groups excluding carboxylic acids is 3. The monoisotopic (exact) mass is 310 g/mol. The van der Waals surface area contributed by atoms with Gasteiger partial charge in [-0.25, -0.2) is 4.79 Å². The molecule has 124 valence electrons. The molecular weight excluding hydrogens is 284 g/mol. The van der Waals surface area contributed by atoms with Crippen molar-refractivity contribution in [1.82, 2.24) is 20.4 Å². The van der Waals surface area contributed by atoms with E-state index >= 15 is 0 Å². The van der Waals surface area contributed by atoms with Gasteiger partial charge < -0.3 is 15.5 Å². The van der Waals surface area contributed by atoms with Crippen molar-refractivity contribution >= 4 is 17.8 Å². The highest BCUT2D eigenvalue weighted by Crippen LogP contribution is 2.21. The van der Waals surface area contributed by atoms with Gasteiger partial charge in [-0.2, -0.15) is 0 Å². The van der Waals surface area contributed by atoms with Crippen LogP contribution < -0.4 is 10.6 Å². The number of rotatable bonds is 5. The average molecular weight is 310 g/mol. The molecule has 2 aliphatic rings. The van der Waals surface area contributed by atoms with Gasteiger partial charge in [0, 0.05) is 13.1 Å². The van der Waals surface area contributed by atoms with Crippen molar-refractivity contribution < 1.29 is 14.4 Å². The first kappa shape index (κ1) is 16.7. The Labute approximate surface area is 131 Å². The summed E-state index contributed by atoms with van der Waals surface area (Å²) in [6, 6.07) is -0.479. The molecule has 7 heteroatoms. The lowest BCUT2D eigenvalue weighted by molar-refractivity contribution is -0.139. The van der Waals surface area contributed by atoms with E-state index in [0.717, 1.165) is 30.7 Å². The molecule has 0 spiro atoms. The lowest BCUT2D eigenvalue weighted by Gasteiger charge is -2.32. The van der Waals surface area contributed by atoms with Crippen molar-refractivity contribution in [2.24, 2.45) is 5.92 Å². The molecule has 0 radical (unpaired) electrons. The fraction of sp³-hybridized carbons (Fsp3) is 0.800. The zero-order valence-corrected chi connectivity index (χ0v) is 13.6. The SMILES string of the molecule is CNCCC1CCN(C(=O)CN2C(=O)NC(C)(C)C2=O)CC1. The van der Waals surface area contributed by atoms with Crippen LogP contribution in [0.2, 0.25) is 0 Å². The molecule has 2 N–H and O–H groups in total. The van der Waals surface area contributed by atoms with E-state index < -0.39 is 11.6 Å². The van der Waals surface area contributed by atoms with Crippen molar-refractivity contribution in [3.8, 4) is 0 Å². The summed E-state index contributed by atoms with van der Waals surface area (Å²) < 4.78 is 0. The summed E-state index contributed by atoms with van der Waals surface area (Å²) in [5.41, 5.74) is -0.919. The molecule has 4 amide bonds. The van der Waals surface area contributed by atoms with Gasteiger partial charge in [-0.3, -0.25) is 14.5 Å². The van der Waals surface area contributed by atoms with Crippen LogP contribution in [-0.2, 0) is 9.59 Å². The molecule has 2 heterocycles. The van der Waals surface area contributed by atoms with E-state index in [1.165, 1.54) is 0 Å². The number of hydrogen-bond acceptors (Lipinski definition) is 4. The Bertz CT molecular complexity index is 456. The first-order valence-electron chi connectivity index (χ1n) is 7.91. The number of imide groups is 1. The standard InChI is InChI=1S/C15H26N4O3/c1-15(2)13(21)19(14(22)17-15)10-12(20)18-8-5-11(6-9-18)4-7-16-3/h11,16H,4-10H2,1-3H3,(H,17,22). The lowest BCUT2D eigenvalue weighted by atomic mass is 9.93. The molecule has 7 nitrogen and oxygen atoms in total. The molecule has 0 aromatic carbocycles. The highest BCUT2D eigenvalue weighted by molar-refractivity contribution is 6.08. The third kappa shape index (κ3) is 3.58. The number of amides is 4. The predicted molar refractivity (Wildman–Crippen MR) is 82.2 cm³/mol. The van der Waals surface area contributed by atoms with Crippen LogP contribution in [0.15, 0.2) is 0 Å². The summed E-state index contributed by atoms with van der Waals surface area (Å²) in [5, 5.41) is 5.74. The molecule has 2 aliphatic heterocycles. The molecule has 0 unspecified atom stereocenters. The van der Waals surface area contributed by atoms with E-state index in [1.54, 1.807) is 18.7 Å². The molecule has 0 aromatic heterocycles. The normalized spacial score (nSPS) is 22.1. The number of piperidine rings is 1. The molecule has 2 saturated heterocycles. The Morgan fingerprint density at radius 3 is 2.45 bits per heavy atom. The van der Waals surface area contributed by atoms with Gasteiger partial charge in [0.25, 0.3) is 5.91 Å². The van der Waals surface area contributed by atoms with Crippen LogP contribution in [-0.4, -0.2) is 66.4 Å². The first-order chi connectivity index (χ1) is 10.3. The highest BCUT2D eigenvalue weighted by atomic mass is 16.2. The van der Waals surface area contributed by atoms with Crippen LogP contribution in [0.1, 0.15) is 33.1 Å². The van der Waals surface area contributed by atoms with Gasteiger partial charge >= 0.3 is 6.03 Å². The van der Waals surface area contributed by atoms with Crippen LogP contribution in [0.4, 0.5) is 4.79 Å². The number of likely N-dealkylation sites (tertiary alicyclic amines) is 1. The fourth-order valence-electron chi connectivity index (χ4n) is 3.02. The Kier molecular flexibility index (Phi) is 5.05. The minimum absolute atomic E-state index is 0.145. The van der Waals surface area contributed by atoms with E-state index in [0.29, 0.717) is 19.0 Å². The average Bonchev–Trinajstić information content (AvgIpc) is 2.67. The third-order valence-corrected chi connectivity index (χ3v) is 4.51. The van der Waals surface area contributed by atoms with Crippen molar-refractivity contribution in [2.75, 3.05) is 33.2 Å². The van der Waals surface area contributed by atoms with E-state index in [4.69, 9.17) is 0 Å². The van der Waals surface area contributed by atoms with Gasteiger partial charge in [-0.15, -0.1) is 0 Å². The molecule has 0 bridgehead atoms. The van der Waals surface area contributed by atoms with E-state index in [9.17, 15) is 14.4 Å². The fourth-order valence-corrected chi connectivity index (χ4v) is 3.02. The van der Waals surface area contributed by atoms with Gasteiger partial charge in [0.05, 0.1) is 0 Å². The van der Waals surface area contributed by atoms with Crippen LogP contribution in [0.5, 0.6) is 0 Å². The zero-order valence-electron chi connectivity index (χ0n) is 13.6. The highest BCUT2D eigenvalue weighted by Gasteiger charge is 2.45. The number of hydrogen-bond donors (Lipinski definition) is 2. The van der Waals surface area contributed by atoms with E-state index in [1.807, 2.05) is 7.05 Å². The van der Waals surface area contributed by atoms with Crippen molar-refractivity contribution in [3.05, 3.63) is 0 Å². The second kappa shape index (κ2) is 6.64. The van der Waals surface area contributed by atoms with Crippen molar-refractivity contribution in [1.29, 1.82) is 0 Å². The van der Waals surface area contributed by atoms with Crippen molar-refractivity contribution in [3.63, 3.8) is 0 Å². The van der Waals surface area contributed by atoms with E-state index in [2.05, 4.69) is 10.6 Å². The molecule has 0 saturated carbocycles. The Hall–Kier alpha value is -1.63. The summed E-state index contributed by atoms with van der Waals surface area (Å²) in [7, 11) is 1.94. The minimum atomic E-state index is -0.919. The predicted octanol–water partition coefficient (Wildman–Crippen LogP) is 0.165. The maximum atomic E-state index is 12.3. The van der Waals surface area contributed by atoms with Crippen LogP contribution in [0.3, 0.4) is 0 Å². The number of nitrogens with one attached hydrogen (secondary N) is 2. The summed E-state index contributed by atoms with van der Waals surface area (Å²) in [6.07, 6.45) is 3.10. The first-order valence-corrected chi connectivity index (χ1v) is 7.91. The Balaban J connectivity index is 1.84. The van der Waals surface area contributed by atoms with Crippen LogP contribution in [0, 0.1) is 5.92 Å². The molecular formula is C15H26N4O3. The van der Waals surface area contributed by atoms with E-state index in [-0.39, 0.29) is 18.4 Å². The molecule has 2 rings (SSSR count). The lowest BCUT2D eigenvalue weighted by Crippen LogP contribution is -2.46. The topological polar surface area (TPSA) is 81.8 Å². The molecule has 22 heavy (non-hydrogen) atoms. The number of carbonyl (C=O) groups is 3. The summed E-state index contributed by atoms with van der Waals surface area (Å²) in [6.45, 7) is 5.54. The zero-order chi connectivity index (χ0) is 16.3. The Morgan fingerprint density at radius 2 is 1.95 bits per heavy atom. The Morgan fingerprint density at radius 1 is 1.32 bits per heavy atom. The van der Waals surface area contributed by atoms with Crippen LogP contribution in [0.25, 0.3) is 0 Å². The maximum absolute atomic E-state index is 12.3. The van der Waals surface area contributed by atoms with Crippen molar-refractivity contribution in [2.45, 2.75) is 38.6 Å². The van der Waals surface area contributed by atoms with Gasteiger partial charge in [0.2, 0.25) is 5.91 Å². The summed E-state index contributed by atoms with van der Waals surface area (Å²) in [4.78, 5) is 39.0. The second-order valence-electron chi connectivity index (χ2n) is 6.66. The molecule has 0 atom stereocenters. The quantitative estimate of drug-likeness (QED) is 0.709. The maximum Gasteiger partial charge on any atom is 0.325 e. The largest absolute Gasteiger partial charge is 0.341 e. The number of urea groups is 1. The second-order valence-corrected chi connectivity index (χ2v) is 6.66. The summed E-state index contributed by atoms with van der Waals surface area (Å²) in [5.74, 6) is 0.162.